The number of aliphatic carboxylic acids is 3. The van der Waals surface area contributed by atoms with Gasteiger partial charge in [0.05, 0.1) is 31.9 Å². The van der Waals surface area contributed by atoms with Crippen LogP contribution in [0.4, 0.5) is 0 Å². The fourth-order valence-corrected chi connectivity index (χ4v) is 7.15. The van der Waals surface area contributed by atoms with E-state index in [1.165, 1.54) is 36.0 Å². The molecule has 1 aliphatic rings. The number of amides is 8. The van der Waals surface area contributed by atoms with Gasteiger partial charge in [0, 0.05) is 13.0 Å². The summed E-state index contributed by atoms with van der Waals surface area (Å²) < 4.78 is 0. The fraction of sp³-hybridized carbons (Fsp3) is 0.575. The summed E-state index contributed by atoms with van der Waals surface area (Å²) in [7, 11) is 0. The monoisotopic (exact) mass is 953 g/mol. The molecule has 15 N–H and O–H groups in total. The van der Waals surface area contributed by atoms with Crippen LogP contribution in [-0.2, 0) is 59.2 Å². The van der Waals surface area contributed by atoms with Crippen LogP contribution in [0.2, 0.25) is 0 Å². The maximum atomic E-state index is 14.4. The zero-order chi connectivity index (χ0) is 49.8. The summed E-state index contributed by atoms with van der Waals surface area (Å²) in [4.78, 5) is 142. The molecule has 8 amide bonds. The number of phenolic OH excluding ortho intramolecular Hbond substituents is 1. The normalized spacial score (nSPS) is 16.5. The number of hydrogen-bond donors (Lipinski definition) is 13. The molecule has 0 saturated carbocycles. The zero-order valence-corrected chi connectivity index (χ0v) is 37.3. The molecule has 2 rings (SSSR count). The van der Waals surface area contributed by atoms with Gasteiger partial charge in [-0.2, -0.15) is 11.8 Å². The molecule has 366 valence electrons. The molecule has 1 saturated heterocycles. The number of phenols is 1. The van der Waals surface area contributed by atoms with Gasteiger partial charge in [-0.15, -0.1) is 0 Å². The highest BCUT2D eigenvalue weighted by Gasteiger charge is 2.41. The highest BCUT2D eigenvalue weighted by atomic mass is 32.2. The molecule has 1 aromatic carbocycles. The number of likely N-dealkylation sites (tertiary alicyclic amines) is 1. The van der Waals surface area contributed by atoms with E-state index in [2.05, 4.69) is 31.9 Å². The number of carboxylic acid groups (broad SMARTS) is 3. The third-order valence-electron chi connectivity index (χ3n) is 9.99. The van der Waals surface area contributed by atoms with Crippen molar-refractivity contribution in [3.8, 4) is 5.75 Å². The van der Waals surface area contributed by atoms with E-state index in [-0.39, 0.29) is 56.1 Å². The van der Waals surface area contributed by atoms with E-state index in [1.54, 1.807) is 20.1 Å². The van der Waals surface area contributed by atoms with Crippen molar-refractivity contribution in [3.05, 3.63) is 29.8 Å². The van der Waals surface area contributed by atoms with Crippen molar-refractivity contribution in [3.63, 3.8) is 0 Å². The van der Waals surface area contributed by atoms with E-state index in [4.69, 9.17) is 11.5 Å². The van der Waals surface area contributed by atoms with Crippen molar-refractivity contribution < 1.29 is 78.3 Å². The van der Waals surface area contributed by atoms with Gasteiger partial charge in [0.25, 0.3) is 0 Å². The fourth-order valence-electron chi connectivity index (χ4n) is 6.68. The van der Waals surface area contributed by atoms with Gasteiger partial charge in [-0.05, 0) is 61.3 Å². The summed E-state index contributed by atoms with van der Waals surface area (Å²) in [5.74, 6) is -12.8. The molecular weight excluding hydrogens is 895 g/mol. The van der Waals surface area contributed by atoms with Crippen LogP contribution in [0.5, 0.6) is 5.75 Å². The van der Waals surface area contributed by atoms with E-state index in [0.717, 1.165) is 4.90 Å². The molecule has 66 heavy (non-hydrogen) atoms. The number of nitrogens with two attached hydrogens (primary N) is 2. The Bertz CT molecular complexity index is 1940. The average Bonchev–Trinajstić information content (AvgIpc) is 3.73. The summed E-state index contributed by atoms with van der Waals surface area (Å²) >= 11 is 1.25. The van der Waals surface area contributed by atoms with Crippen LogP contribution in [0.25, 0.3) is 0 Å². The minimum atomic E-state index is -1.90. The molecule has 26 heteroatoms. The Morgan fingerprint density at radius 3 is 1.73 bits per heavy atom. The van der Waals surface area contributed by atoms with Crippen LogP contribution in [0, 0.1) is 5.92 Å². The van der Waals surface area contributed by atoms with Gasteiger partial charge in [-0.1, -0.05) is 26.0 Å². The number of nitrogens with one attached hydrogen (secondary N) is 6. The number of hydrogen-bond acceptors (Lipinski definition) is 15. The van der Waals surface area contributed by atoms with Gasteiger partial charge >= 0.3 is 17.9 Å². The van der Waals surface area contributed by atoms with Gasteiger partial charge in [0.2, 0.25) is 47.3 Å². The minimum Gasteiger partial charge on any atom is -0.508 e. The van der Waals surface area contributed by atoms with Crippen molar-refractivity contribution in [1.82, 2.24) is 36.8 Å². The number of benzene rings is 1. The highest BCUT2D eigenvalue weighted by molar-refractivity contribution is 7.98. The van der Waals surface area contributed by atoms with Crippen LogP contribution < -0.4 is 43.4 Å². The summed E-state index contributed by atoms with van der Waals surface area (Å²) in [6, 6.07) is -7.09. The van der Waals surface area contributed by atoms with Crippen LogP contribution >= 0.6 is 11.8 Å². The number of aromatic hydroxyl groups is 1. The second kappa shape index (κ2) is 27.1. The van der Waals surface area contributed by atoms with Crippen LogP contribution in [0.15, 0.2) is 24.3 Å². The largest absolute Gasteiger partial charge is 0.508 e. The van der Waals surface area contributed by atoms with Crippen molar-refractivity contribution in [1.29, 1.82) is 0 Å². The lowest BCUT2D eigenvalue weighted by Crippen LogP contribution is -2.61. The molecule has 0 spiro atoms. The standard InChI is InChI=1S/C40H59N9O16S/c1-19(2)13-27(40(64)65)47-36(60)25(17-32(55)56)45-38(62)29-5-4-11-49(29)39(63)26(14-20-6-8-21(51)9-7-20)46-34(58)23(10-12-66-3)43-35(59)24(16-31(53)54)44-37(61)28(18-50)48-33(57)22(41)15-30(42)52/h6-9,19,22-29,50-51H,4-5,10-18,41H2,1-3H3,(H2,42,52)(H,43,59)(H,44,61)(H,45,62)(H,46,58)(H,47,60)(H,48,57)(H,53,54)(H,55,56)(H,64,65)/t22-,23-,24-,25-,26-,27-,28-,29-/m0/s1. The van der Waals surface area contributed by atoms with Crippen molar-refractivity contribution in [2.24, 2.45) is 17.4 Å². The topological polar surface area (TPSA) is 416 Å². The van der Waals surface area contributed by atoms with Gasteiger partial charge in [0.15, 0.2) is 0 Å². The van der Waals surface area contributed by atoms with E-state index in [1.807, 2.05) is 0 Å². The highest BCUT2D eigenvalue weighted by Crippen LogP contribution is 2.21. The van der Waals surface area contributed by atoms with Gasteiger partial charge < -0.3 is 73.8 Å². The molecule has 0 aliphatic carbocycles. The number of carbonyl (C=O) groups is 11. The number of nitrogens with zero attached hydrogens (tertiary/aromatic N) is 1. The summed E-state index contributed by atoms with van der Waals surface area (Å²) in [5.41, 5.74) is 11.0. The first-order chi connectivity index (χ1) is 31.0. The van der Waals surface area contributed by atoms with Crippen LogP contribution in [0.3, 0.4) is 0 Å². The van der Waals surface area contributed by atoms with E-state index < -0.39 is 139 Å². The SMILES string of the molecule is CSCC[C@H](NC(=O)[C@H](CC(=O)O)NC(=O)[C@H](CO)NC(=O)[C@@H](N)CC(N)=O)C(=O)N[C@@H](Cc1ccc(O)cc1)C(=O)N1CCC[C@H]1C(=O)N[C@@H](CC(=O)O)C(=O)N[C@@H](CC(C)C)C(=O)O. The molecule has 0 radical (unpaired) electrons. The van der Waals surface area contributed by atoms with Crippen LogP contribution in [-0.4, -0.2) is 169 Å². The first kappa shape index (κ1) is 55.6. The van der Waals surface area contributed by atoms with E-state index in [0.29, 0.717) is 5.56 Å². The van der Waals surface area contributed by atoms with Crippen molar-refractivity contribution >= 4 is 76.9 Å². The lowest BCUT2D eigenvalue weighted by Gasteiger charge is -2.31. The Morgan fingerprint density at radius 1 is 0.712 bits per heavy atom. The maximum Gasteiger partial charge on any atom is 0.326 e. The number of carbonyl (C=O) groups excluding carboxylic acids is 8. The Hall–Kier alpha value is -6.54. The van der Waals surface area contributed by atoms with Gasteiger partial charge in [-0.25, -0.2) is 4.79 Å². The molecular formula is C40H59N9O16S. The zero-order valence-electron chi connectivity index (χ0n) is 36.5. The Morgan fingerprint density at radius 2 is 1.21 bits per heavy atom. The van der Waals surface area contributed by atoms with E-state index >= 15 is 0 Å². The second-order valence-corrected chi connectivity index (χ2v) is 16.8. The Kier molecular flexibility index (Phi) is 22.8. The maximum absolute atomic E-state index is 14.4. The summed E-state index contributed by atoms with van der Waals surface area (Å²) in [6.45, 7) is 2.32. The molecule has 1 heterocycles. The number of rotatable bonds is 28. The Labute approximate surface area is 382 Å². The molecule has 25 nitrogen and oxygen atoms in total. The summed E-state index contributed by atoms with van der Waals surface area (Å²) in [5, 5.41) is 62.1. The average molecular weight is 954 g/mol. The number of aliphatic hydroxyl groups is 1. The van der Waals surface area contributed by atoms with Crippen LogP contribution in [0.1, 0.15) is 64.4 Å². The molecule has 0 unspecified atom stereocenters. The quantitative estimate of drug-likeness (QED) is 0.0379. The lowest BCUT2D eigenvalue weighted by atomic mass is 10.0. The number of thioether (sulfide) groups is 1. The minimum absolute atomic E-state index is 0.00116. The first-order valence-corrected chi connectivity index (χ1v) is 22.1. The van der Waals surface area contributed by atoms with Gasteiger partial charge in [0.1, 0.15) is 48.0 Å². The molecule has 1 aliphatic heterocycles. The lowest BCUT2D eigenvalue weighted by molar-refractivity contribution is -0.145. The number of aliphatic hydroxyl groups excluding tert-OH is 1. The second-order valence-electron chi connectivity index (χ2n) is 15.8. The van der Waals surface area contributed by atoms with Gasteiger partial charge in [-0.3, -0.25) is 47.9 Å². The summed E-state index contributed by atoms with van der Waals surface area (Å²) in [6.07, 6.45) is -0.986. The third-order valence-corrected chi connectivity index (χ3v) is 10.6. The number of carboxylic acids is 3. The molecule has 1 fully saturated rings. The molecule has 0 bridgehead atoms. The smallest absolute Gasteiger partial charge is 0.326 e. The van der Waals surface area contributed by atoms with E-state index in [9.17, 15) is 78.3 Å². The third kappa shape index (κ3) is 18.5. The molecule has 0 aromatic heterocycles. The first-order valence-electron chi connectivity index (χ1n) is 20.7. The number of primary amides is 1. The Balaban J connectivity index is 2.42. The molecule has 1 aromatic rings. The van der Waals surface area contributed by atoms with Crippen molar-refractivity contribution in [2.75, 3.05) is 25.2 Å². The predicted octanol–water partition coefficient (Wildman–Crippen LogP) is -4.14. The molecule has 8 atom stereocenters. The van der Waals surface area contributed by atoms with Crippen molar-refractivity contribution in [2.45, 2.75) is 114 Å². The predicted molar refractivity (Wildman–Crippen MR) is 232 cm³/mol.